The second kappa shape index (κ2) is 13.3. The van der Waals surface area contributed by atoms with Crippen molar-refractivity contribution >= 4 is 0 Å². The SMILES string of the molecule is CCCCCCCC[C@H]1CC[C@H](CCC2CCC(c3ccc(C#N)c(F)c3F)CC2)CC1. The van der Waals surface area contributed by atoms with Crippen LogP contribution in [0.15, 0.2) is 12.1 Å². The average molecular weight is 444 g/mol. The highest BCUT2D eigenvalue weighted by Gasteiger charge is 2.27. The Kier molecular flexibility index (Phi) is 10.5. The third-order valence-electron chi connectivity index (χ3n) is 8.43. The van der Waals surface area contributed by atoms with E-state index in [0.717, 1.165) is 43.4 Å². The van der Waals surface area contributed by atoms with Gasteiger partial charge in [-0.3, -0.25) is 0 Å². The molecule has 0 radical (unpaired) electrons. The summed E-state index contributed by atoms with van der Waals surface area (Å²) in [4.78, 5) is 0. The van der Waals surface area contributed by atoms with Crippen molar-refractivity contribution < 1.29 is 8.78 Å². The average Bonchev–Trinajstić information content (AvgIpc) is 2.83. The maximum atomic E-state index is 14.4. The van der Waals surface area contributed by atoms with Gasteiger partial charge in [-0.1, -0.05) is 96.5 Å². The van der Waals surface area contributed by atoms with Gasteiger partial charge in [0.25, 0.3) is 0 Å². The smallest absolute Gasteiger partial charge is 0.176 e. The number of benzene rings is 1. The molecule has 1 aromatic carbocycles. The molecule has 0 aliphatic heterocycles. The summed E-state index contributed by atoms with van der Waals surface area (Å²) in [5, 5.41) is 8.88. The van der Waals surface area contributed by atoms with Crippen LogP contribution in [0.3, 0.4) is 0 Å². The minimum absolute atomic E-state index is 0.103. The second-order valence-electron chi connectivity index (χ2n) is 10.7. The van der Waals surface area contributed by atoms with Crippen molar-refractivity contribution in [2.75, 3.05) is 0 Å². The molecule has 1 nitrogen and oxygen atoms in total. The fraction of sp³-hybridized carbons (Fsp3) is 0.759. The fourth-order valence-corrected chi connectivity index (χ4v) is 6.22. The summed E-state index contributed by atoms with van der Waals surface area (Å²) in [6.45, 7) is 2.28. The van der Waals surface area contributed by atoms with Crippen LogP contribution in [0.2, 0.25) is 0 Å². The molecule has 0 aromatic heterocycles. The van der Waals surface area contributed by atoms with Crippen LogP contribution in [0.5, 0.6) is 0 Å². The molecule has 0 unspecified atom stereocenters. The first-order chi connectivity index (χ1) is 15.6. The monoisotopic (exact) mass is 443 g/mol. The Bertz CT molecular complexity index is 721. The number of halogens is 2. The van der Waals surface area contributed by atoms with E-state index in [2.05, 4.69) is 6.92 Å². The summed E-state index contributed by atoms with van der Waals surface area (Å²) in [7, 11) is 0. The molecule has 0 bridgehead atoms. The lowest BCUT2D eigenvalue weighted by Crippen LogP contribution is -2.18. The molecule has 3 rings (SSSR count). The van der Waals surface area contributed by atoms with Gasteiger partial charge in [0.2, 0.25) is 0 Å². The van der Waals surface area contributed by atoms with Crippen molar-refractivity contribution in [1.82, 2.24) is 0 Å². The number of hydrogen-bond donors (Lipinski definition) is 0. The molecule has 0 amide bonds. The Morgan fingerprint density at radius 2 is 1.25 bits per heavy atom. The zero-order valence-electron chi connectivity index (χ0n) is 20.2. The van der Waals surface area contributed by atoms with Crippen LogP contribution in [0.1, 0.15) is 133 Å². The van der Waals surface area contributed by atoms with Crippen molar-refractivity contribution in [2.45, 2.75) is 122 Å². The Morgan fingerprint density at radius 1 is 0.719 bits per heavy atom. The number of rotatable bonds is 11. The van der Waals surface area contributed by atoms with E-state index in [9.17, 15) is 8.78 Å². The molecule has 3 heteroatoms. The van der Waals surface area contributed by atoms with E-state index in [4.69, 9.17) is 5.26 Å². The van der Waals surface area contributed by atoms with E-state index in [1.807, 2.05) is 0 Å². The molecule has 1 aromatic rings. The van der Waals surface area contributed by atoms with Crippen molar-refractivity contribution in [3.8, 4) is 6.07 Å². The first kappa shape index (κ1) is 25.2. The van der Waals surface area contributed by atoms with Crippen LogP contribution >= 0.6 is 0 Å². The molecule has 178 valence electrons. The Labute approximate surface area is 195 Å². The van der Waals surface area contributed by atoms with Gasteiger partial charge in [-0.2, -0.15) is 5.26 Å². The molecule has 0 heterocycles. The molecule has 2 aliphatic carbocycles. The van der Waals surface area contributed by atoms with Gasteiger partial charge >= 0.3 is 0 Å². The first-order valence-electron chi connectivity index (χ1n) is 13.5. The highest BCUT2D eigenvalue weighted by atomic mass is 19.2. The zero-order valence-corrected chi connectivity index (χ0v) is 20.2. The predicted octanol–water partition coefficient (Wildman–Crippen LogP) is 9.45. The maximum absolute atomic E-state index is 14.4. The summed E-state index contributed by atoms with van der Waals surface area (Å²) >= 11 is 0. The van der Waals surface area contributed by atoms with Crippen molar-refractivity contribution in [3.05, 3.63) is 34.9 Å². The van der Waals surface area contributed by atoms with Gasteiger partial charge in [-0.05, 0) is 61.0 Å². The number of nitrogens with zero attached hydrogens (tertiary/aromatic N) is 1. The second-order valence-corrected chi connectivity index (χ2v) is 10.7. The fourth-order valence-electron chi connectivity index (χ4n) is 6.22. The van der Waals surface area contributed by atoms with Gasteiger partial charge in [-0.25, -0.2) is 8.78 Å². The lowest BCUT2D eigenvalue weighted by Gasteiger charge is -2.32. The van der Waals surface area contributed by atoms with Gasteiger partial charge in [0, 0.05) is 0 Å². The standard InChI is InChI=1S/C29H43F2N/c1-2-3-4-5-6-7-8-22-9-11-23(12-10-22)13-14-24-15-17-25(18-16-24)27-20-19-26(21-32)28(30)29(27)31/h19-20,22-25H,2-18H2,1H3/t22-,23-,24?,25?. The lowest BCUT2D eigenvalue weighted by molar-refractivity contribution is 0.221. The van der Waals surface area contributed by atoms with Gasteiger partial charge in [0.15, 0.2) is 11.6 Å². The molecule has 0 N–H and O–H groups in total. The van der Waals surface area contributed by atoms with Crippen LogP contribution in [0.4, 0.5) is 8.78 Å². The normalized spacial score (nSPS) is 26.1. The van der Waals surface area contributed by atoms with Gasteiger partial charge < -0.3 is 0 Å². The third kappa shape index (κ3) is 7.29. The van der Waals surface area contributed by atoms with Crippen molar-refractivity contribution in [1.29, 1.82) is 5.26 Å². The molecule has 0 atom stereocenters. The number of nitriles is 1. The third-order valence-corrected chi connectivity index (χ3v) is 8.43. The van der Waals surface area contributed by atoms with Crippen LogP contribution in [0.25, 0.3) is 0 Å². The highest BCUT2D eigenvalue weighted by Crippen LogP contribution is 2.41. The Morgan fingerprint density at radius 3 is 1.84 bits per heavy atom. The quantitative estimate of drug-likeness (QED) is 0.312. The van der Waals surface area contributed by atoms with Crippen molar-refractivity contribution in [3.63, 3.8) is 0 Å². The Hall–Kier alpha value is -1.43. The first-order valence-corrected chi connectivity index (χ1v) is 13.5. The van der Waals surface area contributed by atoms with Crippen LogP contribution in [-0.2, 0) is 0 Å². The van der Waals surface area contributed by atoms with Gasteiger partial charge in [0.1, 0.15) is 6.07 Å². The van der Waals surface area contributed by atoms with E-state index in [1.54, 1.807) is 12.1 Å². The molecule has 2 fully saturated rings. The van der Waals surface area contributed by atoms with Crippen LogP contribution < -0.4 is 0 Å². The summed E-state index contributed by atoms with van der Waals surface area (Å²) < 4.78 is 28.4. The molecule has 0 saturated heterocycles. The largest absolute Gasteiger partial charge is 0.203 e. The molecule has 2 saturated carbocycles. The lowest BCUT2D eigenvalue weighted by atomic mass is 9.73. The van der Waals surface area contributed by atoms with Crippen LogP contribution in [-0.4, -0.2) is 0 Å². The summed E-state index contributed by atoms with van der Waals surface area (Å²) in [5.41, 5.74) is 0.283. The number of hydrogen-bond acceptors (Lipinski definition) is 1. The maximum Gasteiger partial charge on any atom is 0.176 e. The predicted molar refractivity (Wildman–Crippen MR) is 128 cm³/mol. The minimum atomic E-state index is -0.973. The highest BCUT2D eigenvalue weighted by molar-refractivity contribution is 5.36. The molecule has 2 aliphatic rings. The van der Waals surface area contributed by atoms with E-state index in [1.165, 1.54) is 89.5 Å². The summed E-state index contributed by atoms with van der Waals surface area (Å²) in [6, 6.07) is 4.79. The van der Waals surface area contributed by atoms with E-state index >= 15 is 0 Å². The van der Waals surface area contributed by atoms with E-state index < -0.39 is 11.6 Å². The molecular formula is C29H43F2N. The minimum Gasteiger partial charge on any atom is -0.203 e. The molecular weight excluding hydrogens is 400 g/mol. The molecule has 0 spiro atoms. The number of unbranched alkanes of at least 4 members (excludes halogenated alkanes) is 5. The van der Waals surface area contributed by atoms with E-state index in [0.29, 0.717) is 5.56 Å². The molecule has 32 heavy (non-hydrogen) atoms. The topological polar surface area (TPSA) is 23.8 Å². The van der Waals surface area contributed by atoms with Gasteiger partial charge in [-0.15, -0.1) is 0 Å². The Balaban J connectivity index is 1.30. The van der Waals surface area contributed by atoms with E-state index in [-0.39, 0.29) is 11.5 Å². The summed E-state index contributed by atoms with van der Waals surface area (Å²) in [5.74, 6) is 0.975. The zero-order chi connectivity index (χ0) is 22.8. The van der Waals surface area contributed by atoms with Crippen LogP contribution in [0, 0.1) is 40.7 Å². The van der Waals surface area contributed by atoms with Crippen molar-refractivity contribution in [2.24, 2.45) is 17.8 Å². The van der Waals surface area contributed by atoms with Gasteiger partial charge in [0.05, 0.1) is 5.56 Å². The summed E-state index contributed by atoms with van der Waals surface area (Å²) in [6.07, 6.45) is 22.4.